The molecule has 1 aromatic carbocycles. The summed E-state index contributed by atoms with van der Waals surface area (Å²) in [6.45, 7) is 0. The lowest BCUT2D eigenvalue weighted by Crippen LogP contribution is -2.01. The molecule has 1 aromatic heterocycles. The Kier molecular flexibility index (Phi) is 1.70. The minimum absolute atomic E-state index is 0.243. The molecule has 4 heteroatoms. The van der Waals surface area contributed by atoms with E-state index < -0.39 is 5.97 Å². The van der Waals surface area contributed by atoms with Gasteiger partial charge in [0.25, 0.3) is 0 Å². The van der Waals surface area contributed by atoms with Crippen LogP contribution in [0.1, 0.15) is 10.4 Å². The summed E-state index contributed by atoms with van der Waals surface area (Å²) in [5.41, 5.74) is 7.02. The fraction of sp³-hybridized carbons (Fsp3) is 0.100. The maximum Gasteiger partial charge on any atom is 0.337 e. The molecule has 0 unspecified atom stereocenters. The maximum atomic E-state index is 10.9. The Morgan fingerprint density at radius 3 is 2.86 bits per heavy atom. The van der Waals surface area contributed by atoms with E-state index in [4.69, 9.17) is 10.8 Å². The van der Waals surface area contributed by atoms with E-state index in [2.05, 4.69) is 0 Å². The van der Waals surface area contributed by atoms with Crippen molar-refractivity contribution >= 4 is 22.6 Å². The number of carboxylic acid groups (broad SMARTS) is 1. The molecule has 0 radical (unpaired) electrons. The van der Waals surface area contributed by atoms with E-state index in [0.717, 1.165) is 5.39 Å². The number of hydrogen-bond donors (Lipinski definition) is 2. The zero-order valence-corrected chi connectivity index (χ0v) is 7.69. The van der Waals surface area contributed by atoms with Gasteiger partial charge in [-0.2, -0.15) is 0 Å². The summed E-state index contributed by atoms with van der Waals surface area (Å²) >= 11 is 0. The molecule has 0 saturated heterocycles. The number of carbonyl (C=O) groups is 1. The van der Waals surface area contributed by atoms with Crippen LogP contribution in [-0.2, 0) is 7.05 Å². The summed E-state index contributed by atoms with van der Waals surface area (Å²) in [5.74, 6) is -0.955. The highest BCUT2D eigenvalue weighted by Gasteiger charge is 2.11. The number of aryl methyl sites for hydroxylation is 1. The van der Waals surface area contributed by atoms with E-state index in [1.165, 1.54) is 6.07 Å². The van der Waals surface area contributed by atoms with Crippen molar-refractivity contribution in [2.45, 2.75) is 0 Å². The minimum Gasteiger partial charge on any atom is -0.478 e. The Hall–Kier alpha value is -1.97. The van der Waals surface area contributed by atoms with E-state index >= 15 is 0 Å². The smallest absolute Gasteiger partial charge is 0.337 e. The molecule has 0 aliphatic rings. The van der Waals surface area contributed by atoms with Crippen LogP contribution >= 0.6 is 0 Å². The summed E-state index contributed by atoms with van der Waals surface area (Å²) in [5, 5.41) is 9.83. The summed E-state index contributed by atoms with van der Waals surface area (Å²) < 4.78 is 1.78. The maximum absolute atomic E-state index is 10.9. The predicted octanol–water partition coefficient (Wildman–Crippen LogP) is 1.46. The van der Waals surface area contributed by atoms with E-state index in [-0.39, 0.29) is 5.56 Å². The lowest BCUT2D eigenvalue weighted by atomic mass is 10.1. The molecule has 14 heavy (non-hydrogen) atoms. The highest BCUT2D eigenvalue weighted by Crippen LogP contribution is 2.22. The molecule has 0 aliphatic carbocycles. The van der Waals surface area contributed by atoms with Gasteiger partial charge in [-0.1, -0.05) is 0 Å². The van der Waals surface area contributed by atoms with Crippen LogP contribution in [0.5, 0.6) is 0 Å². The number of nitrogens with two attached hydrogens (primary N) is 1. The second kappa shape index (κ2) is 2.77. The molecule has 0 fully saturated rings. The highest BCUT2D eigenvalue weighted by atomic mass is 16.4. The van der Waals surface area contributed by atoms with Crippen LogP contribution in [0.25, 0.3) is 10.9 Å². The Balaban J connectivity index is 2.90. The van der Waals surface area contributed by atoms with E-state index in [9.17, 15) is 4.79 Å². The molecule has 2 aromatic rings. The molecular weight excluding hydrogens is 180 g/mol. The molecule has 0 bridgehead atoms. The number of carboxylic acids is 1. The van der Waals surface area contributed by atoms with Gasteiger partial charge >= 0.3 is 5.97 Å². The number of aromatic nitrogens is 1. The summed E-state index contributed by atoms with van der Waals surface area (Å²) in [6.07, 6.45) is 1.82. The van der Waals surface area contributed by atoms with Gasteiger partial charge in [0.15, 0.2) is 0 Å². The second-order valence-corrected chi connectivity index (χ2v) is 3.24. The quantitative estimate of drug-likeness (QED) is 0.669. The van der Waals surface area contributed by atoms with Gasteiger partial charge in [0.05, 0.1) is 11.1 Å². The Morgan fingerprint density at radius 2 is 2.21 bits per heavy atom. The SMILES string of the molecule is Cn1ccc2cc(N)cc(C(=O)O)c21. The van der Waals surface area contributed by atoms with Gasteiger partial charge in [-0.05, 0) is 18.2 Å². The van der Waals surface area contributed by atoms with Gasteiger partial charge in [-0.3, -0.25) is 0 Å². The van der Waals surface area contributed by atoms with Crippen LogP contribution in [0.4, 0.5) is 5.69 Å². The number of fused-ring (bicyclic) bond motifs is 1. The monoisotopic (exact) mass is 190 g/mol. The van der Waals surface area contributed by atoms with Crippen LogP contribution < -0.4 is 5.73 Å². The molecule has 3 N–H and O–H groups in total. The lowest BCUT2D eigenvalue weighted by molar-refractivity contribution is 0.0698. The average Bonchev–Trinajstić information content (AvgIpc) is 2.46. The van der Waals surface area contributed by atoms with E-state index in [1.807, 2.05) is 19.3 Å². The number of nitrogens with zero attached hydrogens (tertiary/aromatic N) is 1. The number of benzene rings is 1. The van der Waals surface area contributed by atoms with E-state index in [1.54, 1.807) is 10.6 Å². The van der Waals surface area contributed by atoms with Crippen molar-refractivity contribution in [1.29, 1.82) is 0 Å². The van der Waals surface area contributed by atoms with Crippen molar-refractivity contribution in [2.75, 3.05) is 5.73 Å². The first kappa shape index (κ1) is 8.62. The number of nitrogen functional groups attached to an aromatic ring is 1. The number of anilines is 1. The zero-order chi connectivity index (χ0) is 10.3. The third-order valence-electron chi connectivity index (χ3n) is 2.22. The Bertz CT molecular complexity index is 514. The third kappa shape index (κ3) is 1.12. The Labute approximate surface area is 80.6 Å². The topological polar surface area (TPSA) is 68.2 Å². The van der Waals surface area contributed by atoms with Gasteiger partial charge in [0, 0.05) is 24.3 Å². The molecule has 1 heterocycles. The van der Waals surface area contributed by atoms with Crippen LogP contribution in [0.15, 0.2) is 24.4 Å². The normalized spacial score (nSPS) is 10.6. The molecule has 0 aliphatic heterocycles. The molecule has 0 atom stereocenters. The lowest BCUT2D eigenvalue weighted by Gasteiger charge is -2.03. The predicted molar refractivity (Wildman–Crippen MR) is 54.3 cm³/mol. The average molecular weight is 190 g/mol. The largest absolute Gasteiger partial charge is 0.478 e. The van der Waals surface area contributed by atoms with Crippen molar-refractivity contribution < 1.29 is 9.90 Å². The third-order valence-corrected chi connectivity index (χ3v) is 2.22. The van der Waals surface area contributed by atoms with Crippen molar-refractivity contribution in [3.63, 3.8) is 0 Å². The zero-order valence-electron chi connectivity index (χ0n) is 7.69. The fourth-order valence-electron chi connectivity index (χ4n) is 1.63. The molecule has 4 nitrogen and oxygen atoms in total. The molecule has 0 amide bonds. The van der Waals surface area contributed by atoms with Crippen molar-refractivity contribution in [3.8, 4) is 0 Å². The van der Waals surface area contributed by atoms with Crippen LogP contribution in [0, 0.1) is 0 Å². The van der Waals surface area contributed by atoms with Gasteiger partial charge in [0.2, 0.25) is 0 Å². The first-order valence-electron chi connectivity index (χ1n) is 4.17. The van der Waals surface area contributed by atoms with Gasteiger partial charge < -0.3 is 15.4 Å². The molecule has 0 saturated carbocycles. The van der Waals surface area contributed by atoms with Crippen molar-refractivity contribution in [2.24, 2.45) is 7.05 Å². The van der Waals surface area contributed by atoms with Crippen LogP contribution in [-0.4, -0.2) is 15.6 Å². The standard InChI is InChI=1S/C10H10N2O2/c1-12-3-2-6-4-7(11)5-8(9(6)12)10(13)14/h2-5H,11H2,1H3,(H,13,14). The number of hydrogen-bond acceptors (Lipinski definition) is 2. The van der Waals surface area contributed by atoms with Crippen LogP contribution in [0.3, 0.4) is 0 Å². The molecular formula is C10H10N2O2. The van der Waals surface area contributed by atoms with Crippen molar-refractivity contribution in [3.05, 3.63) is 30.0 Å². The van der Waals surface area contributed by atoms with Gasteiger partial charge in [0.1, 0.15) is 0 Å². The first-order valence-corrected chi connectivity index (χ1v) is 4.17. The Morgan fingerprint density at radius 1 is 1.50 bits per heavy atom. The molecule has 2 rings (SSSR count). The van der Waals surface area contributed by atoms with E-state index in [0.29, 0.717) is 11.2 Å². The second-order valence-electron chi connectivity index (χ2n) is 3.24. The summed E-state index contributed by atoms with van der Waals surface area (Å²) in [7, 11) is 1.81. The highest BCUT2D eigenvalue weighted by molar-refractivity contribution is 6.03. The number of rotatable bonds is 1. The number of aromatic carboxylic acids is 1. The van der Waals surface area contributed by atoms with Gasteiger partial charge in [-0.15, -0.1) is 0 Å². The van der Waals surface area contributed by atoms with Crippen LogP contribution in [0.2, 0.25) is 0 Å². The molecule has 72 valence electrons. The minimum atomic E-state index is -0.955. The summed E-state index contributed by atoms with van der Waals surface area (Å²) in [4.78, 5) is 10.9. The fourth-order valence-corrected chi connectivity index (χ4v) is 1.63. The van der Waals surface area contributed by atoms with Crippen molar-refractivity contribution in [1.82, 2.24) is 4.57 Å². The first-order chi connectivity index (χ1) is 6.59. The van der Waals surface area contributed by atoms with Gasteiger partial charge in [-0.25, -0.2) is 4.79 Å². The molecule has 0 spiro atoms. The summed E-state index contributed by atoms with van der Waals surface area (Å²) in [6, 6.07) is 5.09.